The molecule has 1 fully saturated rings. The molecule has 1 aromatic carbocycles. The van der Waals surface area contributed by atoms with Crippen molar-refractivity contribution in [3.8, 4) is 11.5 Å². The van der Waals surface area contributed by atoms with Gasteiger partial charge in [-0.3, -0.25) is 19.3 Å². The number of hydrogen-bond acceptors (Lipinski definition) is 5. The van der Waals surface area contributed by atoms with Crippen LogP contribution in [0, 0.1) is 11.8 Å². The highest BCUT2D eigenvalue weighted by molar-refractivity contribution is 6.05. The Bertz CT molecular complexity index is 732. The van der Waals surface area contributed by atoms with Crippen LogP contribution in [0.4, 0.5) is 5.69 Å². The van der Waals surface area contributed by atoms with Gasteiger partial charge >= 0.3 is 0 Å². The number of fused-ring (bicyclic) bond motifs is 1. The summed E-state index contributed by atoms with van der Waals surface area (Å²) in [5.41, 5.74) is 0.560. The van der Waals surface area contributed by atoms with Crippen molar-refractivity contribution in [1.82, 2.24) is 4.90 Å². The van der Waals surface area contributed by atoms with Crippen LogP contribution in [0.3, 0.4) is 0 Å². The predicted molar refractivity (Wildman–Crippen MR) is 94.9 cm³/mol. The van der Waals surface area contributed by atoms with Gasteiger partial charge in [-0.2, -0.15) is 0 Å². The number of carbonyl (C=O) groups is 3. The second-order valence-corrected chi connectivity index (χ2v) is 6.35. The summed E-state index contributed by atoms with van der Waals surface area (Å²) in [7, 11) is 3.05. The number of nitrogens with zero attached hydrogens (tertiary/aromatic N) is 1. The Morgan fingerprint density at radius 2 is 1.69 bits per heavy atom. The van der Waals surface area contributed by atoms with Crippen LogP contribution in [0.5, 0.6) is 11.5 Å². The average Bonchev–Trinajstić information content (AvgIpc) is 2.90. The van der Waals surface area contributed by atoms with E-state index < -0.39 is 0 Å². The molecule has 2 aliphatic rings. The summed E-state index contributed by atoms with van der Waals surface area (Å²) in [6.45, 7) is 0.101. The Labute approximate surface area is 151 Å². The molecular weight excluding hydrogens is 336 g/mol. The first-order valence-corrected chi connectivity index (χ1v) is 8.57. The second-order valence-electron chi connectivity index (χ2n) is 6.35. The van der Waals surface area contributed by atoms with Gasteiger partial charge in [-0.05, 0) is 25.0 Å². The maximum Gasteiger partial charge on any atom is 0.233 e. The van der Waals surface area contributed by atoms with Crippen LogP contribution in [0.25, 0.3) is 0 Å². The number of imide groups is 1. The minimum absolute atomic E-state index is 0.0543. The molecule has 0 aromatic heterocycles. The first-order chi connectivity index (χ1) is 12.5. The van der Waals surface area contributed by atoms with Crippen LogP contribution in [-0.4, -0.2) is 43.4 Å². The van der Waals surface area contributed by atoms with Crippen LogP contribution in [-0.2, 0) is 14.4 Å². The second kappa shape index (κ2) is 7.59. The van der Waals surface area contributed by atoms with Crippen molar-refractivity contribution in [2.75, 3.05) is 26.1 Å². The van der Waals surface area contributed by atoms with Crippen molar-refractivity contribution in [3.63, 3.8) is 0 Å². The first-order valence-electron chi connectivity index (χ1n) is 8.57. The molecule has 1 heterocycles. The molecule has 1 saturated heterocycles. The summed E-state index contributed by atoms with van der Waals surface area (Å²) in [6.07, 6.45) is 5.14. The Morgan fingerprint density at radius 1 is 1.08 bits per heavy atom. The summed E-state index contributed by atoms with van der Waals surface area (Å²) in [5, 5.41) is 2.75. The number of rotatable bonds is 6. The third-order valence-corrected chi connectivity index (χ3v) is 4.83. The smallest absolute Gasteiger partial charge is 0.233 e. The Hall–Kier alpha value is -2.83. The van der Waals surface area contributed by atoms with Gasteiger partial charge in [0.1, 0.15) is 0 Å². The number of amides is 3. The number of hydrogen-bond donors (Lipinski definition) is 1. The van der Waals surface area contributed by atoms with Crippen molar-refractivity contribution in [2.45, 2.75) is 19.3 Å². The van der Waals surface area contributed by atoms with Crippen LogP contribution in [0.2, 0.25) is 0 Å². The van der Waals surface area contributed by atoms with Crippen molar-refractivity contribution >= 4 is 23.4 Å². The van der Waals surface area contributed by atoms with Gasteiger partial charge < -0.3 is 14.8 Å². The lowest BCUT2D eigenvalue weighted by molar-refractivity contribution is -0.140. The number of nitrogens with one attached hydrogen (secondary N) is 1. The lowest BCUT2D eigenvalue weighted by atomic mass is 9.85. The van der Waals surface area contributed by atoms with Crippen LogP contribution in [0.15, 0.2) is 30.4 Å². The van der Waals surface area contributed by atoms with Gasteiger partial charge in [0.25, 0.3) is 0 Å². The summed E-state index contributed by atoms with van der Waals surface area (Å²) in [5.74, 6) is -0.0538. The molecule has 1 aliphatic heterocycles. The molecule has 0 saturated carbocycles. The molecule has 7 nitrogen and oxygen atoms in total. The van der Waals surface area contributed by atoms with Crippen molar-refractivity contribution in [2.24, 2.45) is 11.8 Å². The first kappa shape index (κ1) is 18.0. The quantitative estimate of drug-likeness (QED) is 0.621. The molecule has 138 valence electrons. The molecule has 3 amide bonds. The number of methoxy groups -OCH3 is 2. The van der Waals surface area contributed by atoms with Gasteiger partial charge in [-0.1, -0.05) is 12.2 Å². The molecule has 1 aromatic rings. The summed E-state index contributed by atoms with van der Waals surface area (Å²) >= 11 is 0. The minimum atomic E-state index is -0.272. The maximum atomic E-state index is 12.4. The van der Waals surface area contributed by atoms with Crippen LogP contribution < -0.4 is 14.8 Å². The molecule has 26 heavy (non-hydrogen) atoms. The highest BCUT2D eigenvalue weighted by atomic mass is 16.5. The van der Waals surface area contributed by atoms with Gasteiger partial charge in [0.05, 0.1) is 26.1 Å². The molecule has 0 spiro atoms. The van der Waals surface area contributed by atoms with Gasteiger partial charge in [0, 0.05) is 24.7 Å². The van der Waals surface area contributed by atoms with E-state index in [0.717, 1.165) is 0 Å². The van der Waals surface area contributed by atoms with Gasteiger partial charge in [0.15, 0.2) is 11.5 Å². The zero-order valence-corrected chi connectivity index (χ0v) is 14.9. The van der Waals surface area contributed by atoms with E-state index in [0.29, 0.717) is 30.0 Å². The highest BCUT2D eigenvalue weighted by Crippen LogP contribution is 2.35. The third-order valence-electron chi connectivity index (χ3n) is 4.83. The van der Waals surface area contributed by atoms with Crippen molar-refractivity contribution in [1.29, 1.82) is 0 Å². The van der Waals surface area contributed by atoms with E-state index in [1.54, 1.807) is 18.2 Å². The normalized spacial score (nSPS) is 21.5. The highest BCUT2D eigenvalue weighted by Gasteiger charge is 2.46. The molecular formula is C19H22N2O5. The number of benzene rings is 1. The predicted octanol–water partition coefficient (Wildman–Crippen LogP) is 1.98. The maximum absolute atomic E-state index is 12.4. The fourth-order valence-electron chi connectivity index (χ4n) is 3.44. The minimum Gasteiger partial charge on any atom is -0.493 e. The molecule has 1 aliphatic carbocycles. The third kappa shape index (κ3) is 3.42. The SMILES string of the molecule is COc1ccc(NC(=O)CCN2C(=O)C3CC=CCC3C2=O)cc1OC. The molecule has 1 N–H and O–H groups in total. The van der Waals surface area contributed by atoms with Crippen LogP contribution in [0.1, 0.15) is 19.3 Å². The average molecular weight is 358 g/mol. The zero-order chi connectivity index (χ0) is 18.7. The molecule has 0 radical (unpaired) electrons. The number of ether oxygens (including phenoxy) is 2. The van der Waals surface area contributed by atoms with Gasteiger partial charge in [-0.15, -0.1) is 0 Å². The van der Waals surface area contributed by atoms with E-state index in [1.807, 2.05) is 12.2 Å². The van der Waals surface area contributed by atoms with Gasteiger partial charge in [-0.25, -0.2) is 0 Å². The fraction of sp³-hybridized carbons (Fsp3) is 0.421. The lowest BCUT2D eigenvalue weighted by Gasteiger charge is -2.15. The Kier molecular flexibility index (Phi) is 5.25. The Balaban J connectivity index is 1.58. The van der Waals surface area contributed by atoms with E-state index in [2.05, 4.69) is 5.32 Å². The lowest BCUT2D eigenvalue weighted by Crippen LogP contribution is -2.34. The van der Waals surface area contributed by atoms with E-state index >= 15 is 0 Å². The standard InChI is InChI=1S/C19H22N2O5/c1-25-15-8-7-12(11-16(15)26-2)20-17(22)9-10-21-18(23)13-5-3-4-6-14(13)19(21)24/h3-4,7-8,11,13-14H,5-6,9-10H2,1-2H3,(H,20,22). The molecule has 7 heteroatoms. The largest absolute Gasteiger partial charge is 0.493 e. The van der Waals surface area contributed by atoms with Crippen molar-refractivity contribution < 1.29 is 23.9 Å². The summed E-state index contributed by atoms with van der Waals surface area (Å²) in [6, 6.07) is 5.05. The number of anilines is 1. The van der Waals surface area contributed by atoms with E-state index in [9.17, 15) is 14.4 Å². The van der Waals surface area contributed by atoms with Crippen molar-refractivity contribution in [3.05, 3.63) is 30.4 Å². The fourth-order valence-corrected chi connectivity index (χ4v) is 3.44. The van der Waals surface area contributed by atoms with E-state index in [-0.39, 0.29) is 42.5 Å². The Morgan fingerprint density at radius 3 is 2.27 bits per heavy atom. The zero-order valence-electron chi connectivity index (χ0n) is 14.9. The molecule has 3 rings (SSSR count). The molecule has 0 bridgehead atoms. The summed E-state index contributed by atoms with van der Waals surface area (Å²) < 4.78 is 10.4. The monoisotopic (exact) mass is 358 g/mol. The number of carbonyl (C=O) groups excluding carboxylic acids is 3. The molecule has 2 atom stereocenters. The van der Waals surface area contributed by atoms with Gasteiger partial charge in [0.2, 0.25) is 17.7 Å². The topological polar surface area (TPSA) is 84.9 Å². The van der Waals surface area contributed by atoms with E-state index in [4.69, 9.17) is 9.47 Å². The number of likely N-dealkylation sites (tertiary alicyclic amines) is 1. The van der Waals surface area contributed by atoms with E-state index in [1.165, 1.54) is 19.1 Å². The van der Waals surface area contributed by atoms with Crippen LogP contribution >= 0.6 is 0 Å². The molecule has 2 unspecified atom stereocenters. The summed E-state index contributed by atoms with van der Waals surface area (Å²) in [4.78, 5) is 38.2. The number of allylic oxidation sites excluding steroid dienone is 2.